The maximum absolute atomic E-state index is 13.5. The van der Waals surface area contributed by atoms with E-state index in [2.05, 4.69) is 30.1 Å². The van der Waals surface area contributed by atoms with Crippen molar-refractivity contribution in [2.45, 2.75) is 31.2 Å². The molecule has 2 aromatic rings. The molecule has 0 aromatic heterocycles. The van der Waals surface area contributed by atoms with E-state index in [4.69, 9.17) is 4.74 Å². The number of hydrogen-bond donors (Lipinski definition) is 0. The lowest BCUT2D eigenvalue weighted by Crippen LogP contribution is -2.32. The number of nitrogens with zero attached hydrogens (tertiary/aromatic N) is 1. The lowest BCUT2D eigenvalue weighted by atomic mass is 9.73. The fourth-order valence-electron chi connectivity index (χ4n) is 4.72. The van der Waals surface area contributed by atoms with E-state index >= 15 is 0 Å². The summed E-state index contributed by atoms with van der Waals surface area (Å²) in [7, 11) is 3.94. The maximum Gasteiger partial charge on any atom is 0.123 e. The maximum atomic E-state index is 13.5. The predicted molar refractivity (Wildman–Crippen MR) is 94.1 cm³/mol. The van der Waals surface area contributed by atoms with Gasteiger partial charge in [-0.2, -0.15) is 0 Å². The van der Waals surface area contributed by atoms with Crippen LogP contribution in [-0.2, 0) is 12.8 Å². The van der Waals surface area contributed by atoms with Gasteiger partial charge in [0.25, 0.3) is 0 Å². The summed E-state index contributed by atoms with van der Waals surface area (Å²) in [4.78, 5) is 2.47. The molecule has 1 aliphatic heterocycles. The fourth-order valence-corrected chi connectivity index (χ4v) is 4.72. The highest BCUT2D eigenvalue weighted by Crippen LogP contribution is 2.45. The number of likely N-dealkylation sites (tertiary alicyclic amines) is 1. The van der Waals surface area contributed by atoms with Crippen LogP contribution in [0.15, 0.2) is 42.5 Å². The summed E-state index contributed by atoms with van der Waals surface area (Å²) in [5.74, 6) is 2.06. The topological polar surface area (TPSA) is 12.5 Å². The third kappa shape index (κ3) is 2.71. The van der Waals surface area contributed by atoms with Crippen molar-refractivity contribution in [2.75, 3.05) is 20.7 Å². The van der Waals surface area contributed by atoms with Gasteiger partial charge >= 0.3 is 0 Å². The van der Waals surface area contributed by atoms with Gasteiger partial charge in [0.15, 0.2) is 0 Å². The molecule has 2 aromatic carbocycles. The Morgan fingerprint density at radius 1 is 1.21 bits per heavy atom. The van der Waals surface area contributed by atoms with E-state index in [1.807, 2.05) is 12.1 Å². The van der Waals surface area contributed by atoms with Crippen LogP contribution in [0.1, 0.15) is 29.0 Å². The number of halogens is 1. The Morgan fingerprint density at radius 3 is 2.88 bits per heavy atom. The van der Waals surface area contributed by atoms with E-state index in [1.54, 1.807) is 13.2 Å². The number of rotatable bonds is 3. The van der Waals surface area contributed by atoms with E-state index < -0.39 is 0 Å². The van der Waals surface area contributed by atoms with Crippen LogP contribution in [0.5, 0.6) is 5.75 Å². The van der Waals surface area contributed by atoms with Crippen molar-refractivity contribution in [3.05, 3.63) is 65.0 Å². The van der Waals surface area contributed by atoms with Crippen molar-refractivity contribution in [3.63, 3.8) is 0 Å². The molecule has 1 heterocycles. The third-order valence-corrected chi connectivity index (χ3v) is 5.89. The Bertz CT molecular complexity index is 744. The molecule has 2 aliphatic rings. The number of fused-ring (bicyclic) bond motifs is 3. The van der Waals surface area contributed by atoms with Gasteiger partial charge in [0, 0.05) is 18.5 Å². The van der Waals surface area contributed by atoms with Crippen molar-refractivity contribution in [3.8, 4) is 5.75 Å². The van der Waals surface area contributed by atoms with Crippen LogP contribution in [0.25, 0.3) is 0 Å². The average molecular weight is 325 g/mol. The normalized spacial score (nSPS) is 26.0. The van der Waals surface area contributed by atoms with Gasteiger partial charge < -0.3 is 9.64 Å². The first-order chi connectivity index (χ1) is 11.7. The zero-order valence-corrected chi connectivity index (χ0v) is 14.3. The summed E-state index contributed by atoms with van der Waals surface area (Å²) in [5.41, 5.74) is 4.03. The molecule has 4 rings (SSSR count). The molecule has 1 saturated heterocycles. The molecule has 1 fully saturated rings. The Morgan fingerprint density at radius 2 is 2.08 bits per heavy atom. The van der Waals surface area contributed by atoms with Crippen molar-refractivity contribution in [1.82, 2.24) is 4.90 Å². The first-order valence-corrected chi connectivity index (χ1v) is 8.77. The molecule has 1 aliphatic carbocycles. The van der Waals surface area contributed by atoms with Gasteiger partial charge in [-0.15, -0.1) is 0 Å². The molecular weight excluding hydrogens is 301 g/mol. The zero-order valence-electron chi connectivity index (χ0n) is 14.3. The Hall–Kier alpha value is -1.87. The molecule has 0 N–H and O–H groups in total. The van der Waals surface area contributed by atoms with Crippen LogP contribution in [0, 0.1) is 11.7 Å². The summed E-state index contributed by atoms with van der Waals surface area (Å²) >= 11 is 0. The highest BCUT2D eigenvalue weighted by molar-refractivity contribution is 5.41. The predicted octanol–water partition coefficient (Wildman–Crippen LogP) is 4.04. The second-order valence-electron chi connectivity index (χ2n) is 7.21. The van der Waals surface area contributed by atoms with E-state index in [9.17, 15) is 4.39 Å². The highest BCUT2D eigenvalue weighted by atomic mass is 19.1. The van der Waals surface area contributed by atoms with E-state index in [-0.39, 0.29) is 5.82 Å². The Kier molecular flexibility index (Phi) is 4.05. The van der Waals surface area contributed by atoms with Crippen LogP contribution in [0.4, 0.5) is 4.39 Å². The second kappa shape index (κ2) is 6.21. The van der Waals surface area contributed by atoms with E-state index in [1.165, 1.54) is 23.6 Å². The molecule has 126 valence electrons. The molecule has 0 radical (unpaired) electrons. The number of ether oxygens (including phenoxy) is 1. The average Bonchev–Trinajstić information content (AvgIpc) is 2.90. The standard InChI is InChI=1S/C21H24FNO/c1-23-13-20-18-9-7-17(24-2)12-15(18)6-8-19(20)21(23)11-14-4-3-5-16(22)10-14/h3-5,7,9-10,12,19-21H,6,8,11,13H2,1-2H3/t19?,20-,21+/m0/s1. The lowest BCUT2D eigenvalue weighted by Gasteiger charge is -2.31. The van der Waals surface area contributed by atoms with Gasteiger partial charge in [0.05, 0.1) is 7.11 Å². The summed E-state index contributed by atoms with van der Waals surface area (Å²) in [6.07, 6.45) is 3.25. The SMILES string of the molecule is COc1ccc2c(c1)CCC1[C@@H](Cc3cccc(F)c3)N(C)C[C@@H]21. The molecule has 0 amide bonds. The molecule has 2 nitrogen and oxygen atoms in total. The minimum absolute atomic E-state index is 0.134. The van der Waals surface area contributed by atoms with Crippen molar-refractivity contribution in [2.24, 2.45) is 5.92 Å². The summed E-state index contributed by atoms with van der Waals surface area (Å²) in [6.45, 7) is 1.09. The van der Waals surface area contributed by atoms with Crippen LogP contribution in [-0.4, -0.2) is 31.6 Å². The number of likely N-dealkylation sites (N-methyl/N-ethyl adjacent to an activating group) is 1. The third-order valence-electron chi connectivity index (χ3n) is 5.89. The van der Waals surface area contributed by atoms with Crippen LogP contribution < -0.4 is 4.74 Å². The van der Waals surface area contributed by atoms with Gasteiger partial charge in [-0.05, 0) is 73.2 Å². The van der Waals surface area contributed by atoms with Crippen LogP contribution in [0.2, 0.25) is 0 Å². The van der Waals surface area contributed by atoms with Gasteiger partial charge in [0.2, 0.25) is 0 Å². The van der Waals surface area contributed by atoms with E-state index in [0.29, 0.717) is 17.9 Å². The molecular formula is C21H24FNO. The first-order valence-electron chi connectivity index (χ1n) is 8.77. The first kappa shape index (κ1) is 15.6. The summed E-state index contributed by atoms with van der Waals surface area (Å²) in [6, 6.07) is 14.1. The Labute approximate surface area is 143 Å². The lowest BCUT2D eigenvalue weighted by molar-refractivity contribution is 0.259. The van der Waals surface area contributed by atoms with Crippen LogP contribution >= 0.6 is 0 Å². The number of methoxy groups -OCH3 is 1. The molecule has 1 unspecified atom stereocenters. The van der Waals surface area contributed by atoms with Crippen molar-refractivity contribution in [1.29, 1.82) is 0 Å². The van der Waals surface area contributed by atoms with Crippen LogP contribution in [0.3, 0.4) is 0 Å². The summed E-state index contributed by atoms with van der Waals surface area (Å²) < 4.78 is 18.9. The fraction of sp³-hybridized carbons (Fsp3) is 0.429. The smallest absolute Gasteiger partial charge is 0.123 e. The molecule has 0 bridgehead atoms. The molecule has 0 saturated carbocycles. The van der Waals surface area contributed by atoms with Gasteiger partial charge in [0.1, 0.15) is 11.6 Å². The highest BCUT2D eigenvalue weighted by Gasteiger charge is 2.43. The monoisotopic (exact) mass is 325 g/mol. The quantitative estimate of drug-likeness (QED) is 0.844. The van der Waals surface area contributed by atoms with E-state index in [0.717, 1.165) is 30.7 Å². The number of hydrogen-bond acceptors (Lipinski definition) is 2. The second-order valence-corrected chi connectivity index (χ2v) is 7.21. The van der Waals surface area contributed by atoms with Gasteiger partial charge in [-0.1, -0.05) is 18.2 Å². The minimum Gasteiger partial charge on any atom is -0.497 e. The number of aryl methyl sites for hydroxylation is 1. The molecule has 3 heteroatoms. The molecule has 3 atom stereocenters. The van der Waals surface area contributed by atoms with Crippen molar-refractivity contribution < 1.29 is 9.13 Å². The van der Waals surface area contributed by atoms with Crippen molar-refractivity contribution >= 4 is 0 Å². The summed E-state index contributed by atoms with van der Waals surface area (Å²) in [5, 5.41) is 0. The minimum atomic E-state index is -0.134. The zero-order chi connectivity index (χ0) is 16.7. The van der Waals surface area contributed by atoms with Gasteiger partial charge in [-0.3, -0.25) is 0 Å². The molecule has 0 spiro atoms. The largest absolute Gasteiger partial charge is 0.497 e. The Balaban J connectivity index is 1.59. The van der Waals surface area contributed by atoms with Gasteiger partial charge in [-0.25, -0.2) is 4.39 Å². The molecule has 24 heavy (non-hydrogen) atoms. The number of benzene rings is 2.